The second-order valence-electron chi connectivity index (χ2n) is 6.02. The summed E-state index contributed by atoms with van der Waals surface area (Å²) in [6, 6.07) is 5.58. The minimum Gasteiger partial charge on any atom is -0.469 e. The Balaban J connectivity index is 2.81. The molecule has 5 nitrogen and oxygen atoms in total. The lowest BCUT2D eigenvalue weighted by molar-refractivity contribution is -0.139. The lowest BCUT2D eigenvalue weighted by atomic mass is 10.1. The van der Waals surface area contributed by atoms with Gasteiger partial charge in [-0.3, -0.25) is 4.79 Å². The minimum atomic E-state index is -0.532. The summed E-state index contributed by atoms with van der Waals surface area (Å²) in [4.78, 5) is 24.8. The zero-order chi connectivity index (χ0) is 16.9. The third-order valence-electron chi connectivity index (χ3n) is 2.80. The lowest BCUT2D eigenvalue weighted by Crippen LogP contribution is -2.33. The van der Waals surface area contributed by atoms with Crippen molar-refractivity contribution >= 4 is 28.0 Å². The van der Waals surface area contributed by atoms with E-state index in [-0.39, 0.29) is 12.4 Å². The Kier molecular flexibility index (Phi) is 6.41. The summed E-state index contributed by atoms with van der Waals surface area (Å²) in [5.74, 6) is -0.297. The first-order valence-electron chi connectivity index (χ1n) is 6.90. The molecule has 0 aliphatic heterocycles. The van der Waals surface area contributed by atoms with Crippen LogP contribution in [-0.2, 0) is 27.2 Å². The van der Waals surface area contributed by atoms with E-state index in [1.54, 1.807) is 7.05 Å². The van der Waals surface area contributed by atoms with Gasteiger partial charge in [-0.1, -0.05) is 28.1 Å². The van der Waals surface area contributed by atoms with Gasteiger partial charge in [0.05, 0.1) is 13.5 Å². The number of amides is 1. The molecule has 1 amide bonds. The van der Waals surface area contributed by atoms with Crippen LogP contribution in [0.15, 0.2) is 22.7 Å². The molecule has 0 saturated heterocycles. The van der Waals surface area contributed by atoms with Crippen molar-refractivity contribution in [2.45, 2.75) is 39.3 Å². The van der Waals surface area contributed by atoms with Crippen LogP contribution in [0.25, 0.3) is 0 Å². The third-order valence-corrected chi connectivity index (χ3v) is 3.57. The van der Waals surface area contributed by atoms with Crippen molar-refractivity contribution in [2.24, 2.45) is 0 Å². The van der Waals surface area contributed by atoms with Crippen molar-refractivity contribution < 1.29 is 19.1 Å². The molecule has 0 aromatic heterocycles. The number of ether oxygens (including phenoxy) is 2. The molecule has 0 fully saturated rings. The van der Waals surface area contributed by atoms with E-state index >= 15 is 0 Å². The van der Waals surface area contributed by atoms with Crippen LogP contribution in [0.5, 0.6) is 0 Å². The standard InChI is InChI=1S/C16H22BrNO4/c1-16(2,3)22-15(20)18(4)10-12-8-11(6-7-13(12)17)9-14(19)21-5/h6-8H,9-10H2,1-5H3. The lowest BCUT2D eigenvalue weighted by Gasteiger charge is -2.25. The fourth-order valence-electron chi connectivity index (χ4n) is 1.76. The quantitative estimate of drug-likeness (QED) is 0.759. The highest BCUT2D eigenvalue weighted by atomic mass is 79.9. The van der Waals surface area contributed by atoms with Crippen LogP contribution in [0.2, 0.25) is 0 Å². The maximum absolute atomic E-state index is 12.0. The predicted molar refractivity (Wildman–Crippen MR) is 87.6 cm³/mol. The van der Waals surface area contributed by atoms with Crippen molar-refractivity contribution in [3.8, 4) is 0 Å². The van der Waals surface area contributed by atoms with E-state index in [2.05, 4.69) is 20.7 Å². The summed E-state index contributed by atoms with van der Waals surface area (Å²) in [6.45, 7) is 5.85. The highest BCUT2D eigenvalue weighted by Crippen LogP contribution is 2.21. The molecule has 22 heavy (non-hydrogen) atoms. The van der Waals surface area contributed by atoms with Crippen LogP contribution in [0.3, 0.4) is 0 Å². The topological polar surface area (TPSA) is 55.8 Å². The number of nitrogens with zero attached hydrogens (tertiary/aromatic N) is 1. The predicted octanol–water partition coefficient (Wildman–Crippen LogP) is 3.53. The smallest absolute Gasteiger partial charge is 0.410 e. The maximum atomic E-state index is 12.0. The third kappa shape index (κ3) is 6.05. The summed E-state index contributed by atoms with van der Waals surface area (Å²) in [7, 11) is 3.03. The Labute approximate surface area is 139 Å². The second-order valence-corrected chi connectivity index (χ2v) is 6.87. The molecule has 1 aromatic rings. The normalized spacial score (nSPS) is 11.0. The van der Waals surface area contributed by atoms with Crippen molar-refractivity contribution in [1.82, 2.24) is 4.90 Å². The average molecular weight is 372 g/mol. The highest BCUT2D eigenvalue weighted by Gasteiger charge is 2.20. The molecule has 0 unspecified atom stereocenters. The average Bonchev–Trinajstić information content (AvgIpc) is 2.40. The van der Waals surface area contributed by atoms with E-state index in [0.717, 1.165) is 15.6 Å². The summed E-state index contributed by atoms with van der Waals surface area (Å²) < 4.78 is 10.9. The number of methoxy groups -OCH3 is 1. The number of rotatable bonds is 4. The number of hydrogen-bond donors (Lipinski definition) is 0. The molecule has 0 aliphatic rings. The second kappa shape index (κ2) is 7.63. The SMILES string of the molecule is COC(=O)Cc1ccc(Br)c(CN(C)C(=O)OC(C)(C)C)c1. The molecule has 0 heterocycles. The van der Waals surface area contributed by atoms with E-state index in [1.165, 1.54) is 12.0 Å². The molecule has 0 bridgehead atoms. The van der Waals surface area contributed by atoms with Gasteiger partial charge < -0.3 is 14.4 Å². The maximum Gasteiger partial charge on any atom is 0.410 e. The molecule has 0 spiro atoms. The molecular formula is C16H22BrNO4. The Morgan fingerprint density at radius 1 is 1.27 bits per heavy atom. The first-order chi connectivity index (χ1) is 10.1. The van der Waals surface area contributed by atoms with Crippen LogP contribution >= 0.6 is 15.9 Å². The largest absolute Gasteiger partial charge is 0.469 e. The first kappa shape index (κ1) is 18.5. The van der Waals surface area contributed by atoms with Crippen LogP contribution in [0.1, 0.15) is 31.9 Å². The fraction of sp³-hybridized carbons (Fsp3) is 0.500. The minimum absolute atomic E-state index is 0.201. The van der Waals surface area contributed by atoms with Gasteiger partial charge in [-0.25, -0.2) is 4.79 Å². The van der Waals surface area contributed by atoms with E-state index in [9.17, 15) is 9.59 Å². The molecule has 1 aromatic carbocycles. The molecule has 122 valence electrons. The molecule has 6 heteroatoms. The van der Waals surface area contributed by atoms with E-state index in [1.807, 2.05) is 39.0 Å². The van der Waals surface area contributed by atoms with Gasteiger partial charge in [0, 0.05) is 18.1 Å². The summed E-state index contributed by atoms with van der Waals surface area (Å²) in [5, 5.41) is 0. The Morgan fingerprint density at radius 2 is 1.91 bits per heavy atom. The number of halogens is 1. The molecule has 0 radical (unpaired) electrons. The monoisotopic (exact) mass is 371 g/mol. The molecular weight excluding hydrogens is 350 g/mol. The van der Waals surface area contributed by atoms with Crippen LogP contribution < -0.4 is 0 Å². The van der Waals surface area contributed by atoms with Gasteiger partial charge in [-0.2, -0.15) is 0 Å². The Bertz CT molecular complexity index is 552. The molecule has 0 N–H and O–H groups in total. The molecule has 0 saturated carbocycles. The summed E-state index contributed by atoms with van der Waals surface area (Å²) in [5.41, 5.74) is 1.20. The number of benzene rings is 1. The van der Waals surface area contributed by atoms with E-state index in [0.29, 0.717) is 6.54 Å². The summed E-state index contributed by atoms with van der Waals surface area (Å²) in [6.07, 6.45) is -0.190. The number of carbonyl (C=O) groups is 2. The van der Waals surface area contributed by atoms with Crippen LogP contribution in [-0.4, -0.2) is 36.7 Å². The van der Waals surface area contributed by atoms with Crippen molar-refractivity contribution in [1.29, 1.82) is 0 Å². The number of hydrogen-bond acceptors (Lipinski definition) is 4. The van der Waals surface area contributed by atoms with Gasteiger partial charge in [-0.05, 0) is 38.0 Å². The Morgan fingerprint density at radius 3 is 2.45 bits per heavy atom. The van der Waals surface area contributed by atoms with Crippen LogP contribution in [0.4, 0.5) is 4.79 Å². The zero-order valence-corrected chi connectivity index (χ0v) is 15.2. The molecule has 1 rings (SSSR count). The fourth-order valence-corrected chi connectivity index (χ4v) is 2.13. The van der Waals surface area contributed by atoms with Crippen LogP contribution in [0, 0.1) is 0 Å². The molecule has 0 atom stereocenters. The highest BCUT2D eigenvalue weighted by molar-refractivity contribution is 9.10. The first-order valence-corrected chi connectivity index (χ1v) is 7.70. The van der Waals surface area contributed by atoms with Gasteiger partial charge in [0.2, 0.25) is 0 Å². The van der Waals surface area contributed by atoms with E-state index < -0.39 is 11.7 Å². The molecule has 0 aliphatic carbocycles. The van der Waals surface area contributed by atoms with Gasteiger partial charge >= 0.3 is 12.1 Å². The van der Waals surface area contributed by atoms with Gasteiger partial charge in [-0.15, -0.1) is 0 Å². The number of esters is 1. The van der Waals surface area contributed by atoms with Crippen molar-refractivity contribution in [3.63, 3.8) is 0 Å². The Hall–Kier alpha value is -1.56. The number of carbonyl (C=O) groups excluding carboxylic acids is 2. The summed E-state index contributed by atoms with van der Waals surface area (Å²) >= 11 is 3.46. The van der Waals surface area contributed by atoms with E-state index in [4.69, 9.17) is 4.74 Å². The van der Waals surface area contributed by atoms with Crippen molar-refractivity contribution in [3.05, 3.63) is 33.8 Å². The van der Waals surface area contributed by atoms with Gasteiger partial charge in [0.15, 0.2) is 0 Å². The van der Waals surface area contributed by atoms with Gasteiger partial charge in [0.25, 0.3) is 0 Å². The van der Waals surface area contributed by atoms with Gasteiger partial charge in [0.1, 0.15) is 5.60 Å². The zero-order valence-electron chi connectivity index (χ0n) is 13.6. The van der Waals surface area contributed by atoms with Crippen molar-refractivity contribution in [2.75, 3.05) is 14.2 Å².